The van der Waals surface area contributed by atoms with Gasteiger partial charge in [0.15, 0.2) is 0 Å². The zero-order chi connectivity index (χ0) is 17.0. The van der Waals surface area contributed by atoms with E-state index in [4.69, 9.17) is 14.8 Å². The number of carbonyl (C=O) groups is 2. The highest BCUT2D eigenvalue weighted by Gasteiger charge is 2.58. The van der Waals surface area contributed by atoms with Gasteiger partial charge < -0.3 is 24.8 Å². The van der Waals surface area contributed by atoms with Gasteiger partial charge in [-0.3, -0.25) is 10.1 Å². The Morgan fingerprint density at radius 3 is 2.67 bits per heavy atom. The highest BCUT2D eigenvalue weighted by atomic mass is 35.5. The van der Waals surface area contributed by atoms with Crippen LogP contribution in [0.1, 0.15) is 32.6 Å². The largest absolute Gasteiger partial charge is 0.480 e. The van der Waals surface area contributed by atoms with Gasteiger partial charge in [-0.1, -0.05) is 12.8 Å². The summed E-state index contributed by atoms with van der Waals surface area (Å²) in [6.07, 6.45) is 2.02. The van der Waals surface area contributed by atoms with E-state index in [2.05, 4.69) is 5.32 Å². The molecule has 0 saturated carbocycles. The quantitative estimate of drug-likeness (QED) is 0.379. The minimum atomic E-state index is -1.36. The molecule has 0 aromatic rings. The Morgan fingerprint density at radius 2 is 2.08 bits per heavy atom. The molecular weight excluding hydrogens is 338 g/mol. The van der Waals surface area contributed by atoms with Gasteiger partial charge in [-0.15, -0.1) is 12.4 Å². The molecule has 10 heteroatoms. The summed E-state index contributed by atoms with van der Waals surface area (Å²) >= 11 is 0. The first-order chi connectivity index (χ1) is 10.9. The predicted octanol–water partition coefficient (Wildman–Crippen LogP) is 0.325. The van der Waals surface area contributed by atoms with Crippen LogP contribution in [0, 0.1) is 5.92 Å². The Kier molecular flexibility index (Phi) is 7.79. The van der Waals surface area contributed by atoms with Crippen molar-refractivity contribution in [3.8, 4) is 0 Å². The van der Waals surface area contributed by atoms with Crippen LogP contribution in [0.15, 0.2) is 0 Å². The molecule has 2 rings (SSSR count). The fraction of sp³-hybridized carbons (Fsp3) is 0.857. The maximum Gasteiger partial charge on any atom is 0.451 e. The third-order valence-corrected chi connectivity index (χ3v) is 4.97. The number of rotatable bonds is 7. The van der Waals surface area contributed by atoms with Gasteiger partial charge in [-0.2, -0.15) is 0 Å². The average molecular weight is 365 g/mol. The van der Waals surface area contributed by atoms with Crippen molar-refractivity contribution in [2.45, 2.75) is 50.5 Å². The Bertz CT molecular complexity index is 455. The van der Waals surface area contributed by atoms with Crippen LogP contribution in [0.3, 0.4) is 0 Å². The van der Waals surface area contributed by atoms with Gasteiger partial charge in [-0.05, 0) is 26.1 Å². The molecule has 0 aliphatic carbocycles. The molecule has 8 nitrogen and oxygen atoms in total. The molecule has 1 amide bonds. The fourth-order valence-electron chi connectivity index (χ4n) is 3.88. The second kappa shape index (κ2) is 8.89. The molecule has 3 atom stereocenters. The average Bonchev–Trinajstić information content (AvgIpc) is 3.04. The zero-order valence-corrected chi connectivity index (χ0v) is 14.6. The van der Waals surface area contributed by atoms with Crippen LogP contribution in [0.4, 0.5) is 4.79 Å². The lowest BCUT2D eigenvalue weighted by molar-refractivity contribution is -0.146. The standard InChI is InChI=1S/C14H25BN2O6.ClH/c1-2-23-13(20)17-8-5-10-11(17)9-16-14(10,12(18)19)6-3-4-7-15(21)22;/h10-11,16,21-22H,2-9H2,1H3,(H,18,19);1H/t10-,11-,14+;/m0./s1. The number of hydrogen-bond donors (Lipinski definition) is 4. The summed E-state index contributed by atoms with van der Waals surface area (Å²) in [5.74, 6) is -1.05. The van der Waals surface area contributed by atoms with Crippen LogP contribution in [0.2, 0.25) is 6.32 Å². The van der Waals surface area contributed by atoms with Crippen molar-refractivity contribution in [3.05, 3.63) is 0 Å². The van der Waals surface area contributed by atoms with Crippen molar-refractivity contribution in [2.75, 3.05) is 19.7 Å². The lowest BCUT2D eigenvalue weighted by Gasteiger charge is -2.30. The number of carboxylic acid groups (broad SMARTS) is 1. The summed E-state index contributed by atoms with van der Waals surface area (Å²) in [5, 5.41) is 30.6. The van der Waals surface area contributed by atoms with Gasteiger partial charge in [0.1, 0.15) is 5.54 Å². The second-order valence-corrected chi connectivity index (χ2v) is 6.24. The maximum absolute atomic E-state index is 12.0. The third kappa shape index (κ3) is 4.14. The van der Waals surface area contributed by atoms with E-state index >= 15 is 0 Å². The molecule has 4 N–H and O–H groups in total. The van der Waals surface area contributed by atoms with E-state index in [1.54, 1.807) is 11.8 Å². The van der Waals surface area contributed by atoms with Crippen LogP contribution in [0.25, 0.3) is 0 Å². The molecule has 2 aliphatic heterocycles. The van der Waals surface area contributed by atoms with Gasteiger partial charge in [0.25, 0.3) is 0 Å². The number of aliphatic carboxylic acids is 1. The van der Waals surface area contributed by atoms with E-state index in [0.717, 1.165) is 0 Å². The van der Waals surface area contributed by atoms with Crippen molar-refractivity contribution in [3.63, 3.8) is 0 Å². The number of amides is 1. The number of halogens is 1. The number of carbonyl (C=O) groups excluding carboxylic acids is 1. The smallest absolute Gasteiger partial charge is 0.451 e. The van der Waals surface area contributed by atoms with Crippen LogP contribution >= 0.6 is 12.4 Å². The first-order valence-electron chi connectivity index (χ1n) is 8.20. The summed E-state index contributed by atoms with van der Waals surface area (Å²) in [5.41, 5.74) is -1.05. The maximum atomic E-state index is 12.0. The van der Waals surface area contributed by atoms with Crippen molar-refractivity contribution < 1.29 is 29.5 Å². The summed E-state index contributed by atoms with van der Waals surface area (Å²) in [6, 6.07) is -0.159. The monoisotopic (exact) mass is 364 g/mol. The molecule has 0 aromatic heterocycles. The number of hydrogen-bond acceptors (Lipinski definition) is 6. The normalized spacial score (nSPS) is 28.2. The van der Waals surface area contributed by atoms with Gasteiger partial charge in [0.05, 0.1) is 12.6 Å². The van der Waals surface area contributed by atoms with E-state index in [-0.39, 0.29) is 36.8 Å². The lowest BCUT2D eigenvalue weighted by Crippen LogP contribution is -2.52. The van der Waals surface area contributed by atoms with E-state index < -0.39 is 18.6 Å². The molecule has 2 fully saturated rings. The topological polar surface area (TPSA) is 119 Å². The molecule has 2 aliphatic rings. The van der Waals surface area contributed by atoms with Crippen LogP contribution in [0.5, 0.6) is 0 Å². The summed E-state index contributed by atoms with van der Waals surface area (Å²) < 4.78 is 5.04. The fourth-order valence-corrected chi connectivity index (χ4v) is 3.88. The molecule has 0 spiro atoms. The first kappa shape index (κ1) is 21.0. The van der Waals surface area contributed by atoms with E-state index in [9.17, 15) is 14.7 Å². The van der Waals surface area contributed by atoms with Crippen molar-refractivity contribution in [1.82, 2.24) is 10.2 Å². The molecule has 0 aromatic carbocycles. The Morgan fingerprint density at radius 1 is 1.38 bits per heavy atom. The summed E-state index contributed by atoms with van der Waals surface area (Å²) in [6.45, 7) is 3.00. The van der Waals surface area contributed by atoms with Crippen molar-refractivity contribution >= 4 is 31.6 Å². The lowest BCUT2D eigenvalue weighted by atomic mass is 9.77. The number of unbranched alkanes of at least 4 members (excludes halogenated alkanes) is 1. The van der Waals surface area contributed by atoms with E-state index in [0.29, 0.717) is 45.4 Å². The number of nitrogens with one attached hydrogen (secondary N) is 1. The molecule has 2 heterocycles. The molecular formula is C14H26BClN2O6. The minimum absolute atomic E-state index is 0. The predicted molar refractivity (Wildman–Crippen MR) is 90.1 cm³/mol. The zero-order valence-electron chi connectivity index (χ0n) is 13.8. The second-order valence-electron chi connectivity index (χ2n) is 6.24. The number of nitrogens with zero attached hydrogens (tertiary/aromatic N) is 1. The Balaban J connectivity index is 0.00000288. The number of carboxylic acids is 1. The number of fused-ring (bicyclic) bond motifs is 1. The number of likely N-dealkylation sites (tertiary alicyclic amines) is 1. The Labute approximate surface area is 148 Å². The molecule has 138 valence electrons. The third-order valence-electron chi connectivity index (χ3n) is 4.97. The first-order valence-corrected chi connectivity index (χ1v) is 8.20. The molecule has 0 bridgehead atoms. The minimum Gasteiger partial charge on any atom is -0.480 e. The molecule has 0 unspecified atom stereocenters. The number of ether oxygens (including phenoxy) is 1. The van der Waals surface area contributed by atoms with Crippen LogP contribution in [-0.4, -0.2) is 70.5 Å². The molecule has 0 radical (unpaired) electrons. The summed E-state index contributed by atoms with van der Waals surface area (Å²) in [7, 11) is -1.36. The van der Waals surface area contributed by atoms with Crippen LogP contribution in [-0.2, 0) is 9.53 Å². The van der Waals surface area contributed by atoms with Gasteiger partial charge >= 0.3 is 19.2 Å². The van der Waals surface area contributed by atoms with Gasteiger partial charge in [0.2, 0.25) is 0 Å². The summed E-state index contributed by atoms with van der Waals surface area (Å²) in [4.78, 5) is 25.5. The Hall–Kier alpha value is -1.03. The highest BCUT2D eigenvalue weighted by molar-refractivity contribution is 6.40. The molecule has 24 heavy (non-hydrogen) atoms. The molecule has 2 saturated heterocycles. The van der Waals surface area contributed by atoms with Gasteiger partial charge in [-0.25, -0.2) is 4.79 Å². The van der Waals surface area contributed by atoms with Crippen molar-refractivity contribution in [2.24, 2.45) is 5.92 Å². The van der Waals surface area contributed by atoms with Gasteiger partial charge in [0, 0.05) is 19.0 Å². The van der Waals surface area contributed by atoms with Crippen LogP contribution < -0.4 is 5.32 Å². The SMILES string of the molecule is CCOC(=O)N1CC[C@H]2[C@@H]1CN[C@@]2(CCCCB(O)O)C(=O)O.Cl. The van der Waals surface area contributed by atoms with E-state index in [1.165, 1.54) is 0 Å². The van der Waals surface area contributed by atoms with Crippen molar-refractivity contribution in [1.29, 1.82) is 0 Å². The van der Waals surface area contributed by atoms with E-state index in [1.807, 2.05) is 0 Å². The highest BCUT2D eigenvalue weighted by Crippen LogP contribution is 2.41.